The molecule has 1 aromatic rings. The van der Waals surface area contributed by atoms with Gasteiger partial charge in [0, 0.05) is 11.1 Å². The van der Waals surface area contributed by atoms with Crippen molar-refractivity contribution in [1.29, 1.82) is 0 Å². The Bertz CT molecular complexity index is 364. The molecule has 1 nitrogen and oxygen atoms in total. The van der Waals surface area contributed by atoms with Gasteiger partial charge < -0.3 is 5.32 Å². The van der Waals surface area contributed by atoms with Crippen LogP contribution in [-0.2, 0) is 6.42 Å². The van der Waals surface area contributed by atoms with E-state index in [2.05, 4.69) is 37.2 Å². The van der Waals surface area contributed by atoms with Gasteiger partial charge in [0.05, 0.1) is 6.04 Å². The van der Waals surface area contributed by atoms with Crippen LogP contribution in [0, 0.1) is 12.3 Å². The van der Waals surface area contributed by atoms with E-state index < -0.39 is 0 Å². The number of rotatable bonds is 6. The second-order valence-corrected chi connectivity index (χ2v) is 4.84. The van der Waals surface area contributed by atoms with E-state index >= 15 is 0 Å². The Balaban J connectivity index is 2.46. The highest BCUT2D eigenvalue weighted by Gasteiger charge is 2.09. The molecule has 17 heavy (non-hydrogen) atoms. The Hall–Kier alpha value is -0.970. The van der Waals surface area contributed by atoms with Gasteiger partial charge in [-0.25, -0.2) is 0 Å². The summed E-state index contributed by atoms with van der Waals surface area (Å²) in [6, 6.07) is 8.53. The van der Waals surface area contributed by atoms with E-state index in [1.165, 1.54) is 5.56 Å². The van der Waals surface area contributed by atoms with Crippen LogP contribution in [0.2, 0.25) is 5.02 Å². The number of hydrogen-bond donors (Lipinski definition) is 1. The van der Waals surface area contributed by atoms with Crippen LogP contribution < -0.4 is 5.32 Å². The molecule has 0 heterocycles. The maximum atomic E-state index is 5.85. The van der Waals surface area contributed by atoms with Gasteiger partial charge in [-0.15, -0.1) is 6.42 Å². The van der Waals surface area contributed by atoms with Crippen molar-refractivity contribution < 1.29 is 0 Å². The molecule has 0 radical (unpaired) electrons. The summed E-state index contributed by atoms with van der Waals surface area (Å²) in [6.45, 7) is 4.31. The lowest BCUT2D eigenvalue weighted by molar-refractivity contribution is 0.479. The van der Waals surface area contributed by atoms with Crippen molar-refractivity contribution in [3.63, 3.8) is 0 Å². The summed E-state index contributed by atoms with van der Waals surface area (Å²) < 4.78 is 0. The zero-order valence-corrected chi connectivity index (χ0v) is 11.3. The topological polar surface area (TPSA) is 12.0 Å². The molecule has 0 spiro atoms. The van der Waals surface area contributed by atoms with Crippen LogP contribution in [0.5, 0.6) is 0 Å². The molecular formula is C15H20ClN. The van der Waals surface area contributed by atoms with Gasteiger partial charge in [0.25, 0.3) is 0 Å². The lowest BCUT2D eigenvalue weighted by atomic mass is 10.1. The number of halogens is 1. The Kier molecular flexibility index (Phi) is 6.11. The molecular weight excluding hydrogens is 230 g/mol. The van der Waals surface area contributed by atoms with Crippen molar-refractivity contribution in [2.75, 3.05) is 0 Å². The third kappa shape index (κ3) is 5.26. The van der Waals surface area contributed by atoms with Crippen molar-refractivity contribution in [3.8, 4) is 12.3 Å². The smallest absolute Gasteiger partial charge is 0.0688 e. The molecule has 0 saturated carbocycles. The molecule has 1 N–H and O–H groups in total. The highest BCUT2D eigenvalue weighted by Crippen LogP contribution is 2.11. The van der Waals surface area contributed by atoms with E-state index in [9.17, 15) is 0 Å². The molecule has 1 rings (SSSR count). The van der Waals surface area contributed by atoms with Gasteiger partial charge in [0.2, 0.25) is 0 Å². The molecule has 0 fully saturated rings. The minimum absolute atomic E-state index is 0.183. The van der Waals surface area contributed by atoms with E-state index in [-0.39, 0.29) is 6.04 Å². The fourth-order valence-electron chi connectivity index (χ4n) is 1.88. The van der Waals surface area contributed by atoms with E-state index in [4.69, 9.17) is 18.0 Å². The summed E-state index contributed by atoms with van der Waals surface area (Å²) in [5.41, 5.74) is 1.28. The van der Waals surface area contributed by atoms with Crippen LogP contribution in [0.1, 0.15) is 32.3 Å². The van der Waals surface area contributed by atoms with Gasteiger partial charge in [-0.2, -0.15) is 0 Å². The highest BCUT2D eigenvalue weighted by molar-refractivity contribution is 6.30. The predicted molar refractivity (Wildman–Crippen MR) is 75.3 cm³/mol. The summed E-state index contributed by atoms with van der Waals surface area (Å²) in [6.07, 6.45) is 8.60. The number of terminal acetylenes is 1. The molecule has 0 aliphatic carbocycles. The normalized spacial score (nSPS) is 14.0. The van der Waals surface area contributed by atoms with E-state index in [0.717, 1.165) is 24.3 Å². The molecule has 0 bridgehead atoms. The zero-order chi connectivity index (χ0) is 12.7. The van der Waals surface area contributed by atoms with Crippen molar-refractivity contribution in [3.05, 3.63) is 34.9 Å². The molecule has 2 heteroatoms. The first-order valence-electron chi connectivity index (χ1n) is 6.12. The molecule has 0 saturated heterocycles. The fourth-order valence-corrected chi connectivity index (χ4v) is 2.01. The Morgan fingerprint density at radius 2 is 2.00 bits per heavy atom. The lowest BCUT2D eigenvalue weighted by Crippen LogP contribution is -2.36. The zero-order valence-electron chi connectivity index (χ0n) is 10.5. The van der Waals surface area contributed by atoms with Gasteiger partial charge in [0.15, 0.2) is 0 Å². The minimum atomic E-state index is 0.183. The van der Waals surface area contributed by atoms with Gasteiger partial charge in [-0.3, -0.25) is 0 Å². The van der Waals surface area contributed by atoms with Crippen molar-refractivity contribution in [2.45, 2.75) is 45.2 Å². The SMILES string of the molecule is C#CC(CCC)NC(C)Cc1ccc(Cl)cc1. The van der Waals surface area contributed by atoms with Gasteiger partial charge >= 0.3 is 0 Å². The van der Waals surface area contributed by atoms with Crippen LogP contribution in [0.3, 0.4) is 0 Å². The third-order valence-electron chi connectivity index (χ3n) is 2.72. The van der Waals surface area contributed by atoms with Gasteiger partial charge in [0.1, 0.15) is 0 Å². The summed E-state index contributed by atoms with van der Waals surface area (Å²) in [5, 5.41) is 4.24. The van der Waals surface area contributed by atoms with E-state index in [1.54, 1.807) is 0 Å². The Labute approximate surface area is 110 Å². The molecule has 2 atom stereocenters. The van der Waals surface area contributed by atoms with Crippen LogP contribution in [0.15, 0.2) is 24.3 Å². The van der Waals surface area contributed by atoms with Crippen LogP contribution in [0.25, 0.3) is 0 Å². The van der Waals surface area contributed by atoms with E-state index in [1.807, 2.05) is 12.1 Å². The first-order chi connectivity index (χ1) is 8.15. The first kappa shape index (κ1) is 14.1. The average molecular weight is 250 g/mol. The molecule has 0 aliphatic heterocycles. The van der Waals surface area contributed by atoms with Crippen LogP contribution in [-0.4, -0.2) is 12.1 Å². The maximum Gasteiger partial charge on any atom is 0.0688 e. The summed E-state index contributed by atoms with van der Waals surface area (Å²) in [4.78, 5) is 0. The second-order valence-electron chi connectivity index (χ2n) is 4.41. The van der Waals surface area contributed by atoms with Gasteiger partial charge in [-0.1, -0.05) is 43.0 Å². The molecule has 0 amide bonds. The lowest BCUT2D eigenvalue weighted by Gasteiger charge is -2.19. The Morgan fingerprint density at radius 3 is 2.53 bits per heavy atom. The average Bonchev–Trinajstić information content (AvgIpc) is 2.31. The first-order valence-corrected chi connectivity index (χ1v) is 6.50. The van der Waals surface area contributed by atoms with Crippen molar-refractivity contribution >= 4 is 11.6 Å². The minimum Gasteiger partial charge on any atom is -0.301 e. The fraction of sp³-hybridized carbons (Fsp3) is 0.467. The number of nitrogens with one attached hydrogen (secondary N) is 1. The maximum absolute atomic E-state index is 5.85. The quantitative estimate of drug-likeness (QED) is 0.759. The molecule has 0 aromatic heterocycles. The Morgan fingerprint density at radius 1 is 1.35 bits per heavy atom. The third-order valence-corrected chi connectivity index (χ3v) is 2.97. The summed E-state index contributed by atoms with van der Waals surface area (Å²) in [7, 11) is 0. The number of benzene rings is 1. The molecule has 1 aromatic carbocycles. The van der Waals surface area contributed by atoms with Crippen LogP contribution >= 0.6 is 11.6 Å². The standard InChI is InChI=1S/C15H20ClN/c1-4-6-15(5-2)17-12(3)11-13-7-9-14(16)10-8-13/h2,7-10,12,15,17H,4,6,11H2,1,3H3. The summed E-state index contributed by atoms with van der Waals surface area (Å²) >= 11 is 5.85. The monoisotopic (exact) mass is 249 g/mol. The van der Waals surface area contributed by atoms with Crippen LogP contribution in [0.4, 0.5) is 0 Å². The largest absolute Gasteiger partial charge is 0.301 e. The molecule has 92 valence electrons. The van der Waals surface area contributed by atoms with Gasteiger partial charge in [-0.05, 0) is 37.5 Å². The predicted octanol–water partition coefficient (Wildman–Crippen LogP) is 3.66. The molecule has 0 aliphatic rings. The van der Waals surface area contributed by atoms with Crippen molar-refractivity contribution in [1.82, 2.24) is 5.32 Å². The highest BCUT2D eigenvalue weighted by atomic mass is 35.5. The molecule has 2 unspecified atom stereocenters. The number of hydrogen-bond acceptors (Lipinski definition) is 1. The van der Waals surface area contributed by atoms with Crippen molar-refractivity contribution in [2.24, 2.45) is 0 Å². The summed E-state index contributed by atoms with van der Waals surface area (Å²) in [5.74, 6) is 2.80. The second kappa shape index (κ2) is 7.37. The van der Waals surface area contributed by atoms with E-state index in [0.29, 0.717) is 6.04 Å².